The first-order valence-electron chi connectivity index (χ1n) is 10.5. The van der Waals surface area contributed by atoms with Crippen molar-refractivity contribution in [3.63, 3.8) is 0 Å². The van der Waals surface area contributed by atoms with Crippen LogP contribution in [0, 0.1) is 5.92 Å². The van der Waals surface area contributed by atoms with Crippen molar-refractivity contribution in [3.8, 4) is 5.69 Å². The number of rotatable bonds is 3. The molecule has 1 saturated heterocycles. The zero-order valence-electron chi connectivity index (χ0n) is 17.5. The van der Waals surface area contributed by atoms with Gasteiger partial charge in [-0.05, 0) is 50.3 Å². The second-order valence-electron chi connectivity index (χ2n) is 8.17. The van der Waals surface area contributed by atoms with Gasteiger partial charge in [-0.25, -0.2) is 4.68 Å². The van der Waals surface area contributed by atoms with Crippen LogP contribution in [-0.4, -0.2) is 46.8 Å². The number of carbonyl (C=O) groups excluding carboxylic acids is 2. The van der Waals surface area contributed by atoms with Gasteiger partial charge in [-0.2, -0.15) is 18.3 Å². The van der Waals surface area contributed by atoms with E-state index in [2.05, 4.69) is 21.0 Å². The van der Waals surface area contributed by atoms with Crippen molar-refractivity contribution in [2.24, 2.45) is 5.92 Å². The molecule has 0 N–H and O–H groups in total. The largest absolute Gasteiger partial charge is 0.469 e. The molecule has 2 aromatic rings. The number of piperidine rings is 1. The van der Waals surface area contributed by atoms with Crippen molar-refractivity contribution in [1.82, 2.24) is 14.7 Å². The molecule has 1 aliphatic heterocycles. The number of benzene rings is 1. The van der Waals surface area contributed by atoms with Crippen LogP contribution in [0.15, 0.2) is 28.7 Å². The summed E-state index contributed by atoms with van der Waals surface area (Å²) >= 11 is 3.36. The van der Waals surface area contributed by atoms with Crippen molar-refractivity contribution in [2.45, 2.75) is 44.2 Å². The van der Waals surface area contributed by atoms with E-state index >= 15 is 0 Å². The second-order valence-corrected chi connectivity index (χ2v) is 9.09. The molecule has 4 rings (SSSR count). The lowest BCUT2D eigenvalue weighted by atomic mass is 9.84. The number of halogens is 4. The summed E-state index contributed by atoms with van der Waals surface area (Å²) in [6.45, 7) is 0.753. The Bertz CT molecular complexity index is 1030. The topological polar surface area (TPSA) is 64.4 Å². The molecule has 2 aliphatic rings. The van der Waals surface area contributed by atoms with Crippen LogP contribution in [0.4, 0.5) is 13.2 Å². The van der Waals surface area contributed by atoms with Crippen LogP contribution in [-0.2, 0) is 26.9 Å². The molecule has 0 spiro atoms. The van der Waals surface area contributed by atoms with Crippen molar-refractivity contribution in [3.05, 3.63) is 45.7 Å². The predicted molar refractivity (Wildman–Crippen MR) is 113 cm³/mol. The number of fused-ring (bicyclic) bond motifs is 1. The molecule has 2 heterocycles. The average molecular weight is 514 g/mol. The maximum atomic E-state index is 13.8. The van der Waals surface area contributed by atoms with Gasteiger partial charge < -0.3 is 9.64 Å². The van der Waals surface area contributed by atoms with Crippen molar-refractivity contribution in [1.29, 1.82) is 0 Å². The van der Waals surface area contributed by atoms with Crippen LogP contribution >= 0.6 is 15.9 Å². The monoisotopic (exact) mass is 513 g/mol. The van der Waals surface area contributed by atoms with Gasteiger partial charge >= 0.3 is 12.1 Å². The van der Waals surface area contributed by atoms with Gasteiger partial charge in [-0.15, -0.1) is 0 Å². The number of methoxy groups -OCH3 is 1. The fourth-order valence-electron chi connectivity index (χ4n) is 4.68. The van der Waals surface area contributed by atoms with E-state index in [1.807, 2.05) is 0 Å². The van der Waals surface area contributed by atoms with Crippen molar-refractivity contribution >= 4 is 27.8 Å². The smallest absolute Gasteiger partial charge is 0.435 e. The highest BCUT2D eigenvalue weighted by molar-refractivity contribution is 9.10. The third kappa shape index (κ3) is 4.29. The number of carbonyl (C=O) groups is 2. The van der Waals surface area contributed by atoms with Crippen LogP contribution in [0.5, 0.6) is 0 Å². The molecule has 1 atom stereocenters. The molecular weight excluding hydrogens is 491 g/mol. The summed E-state index contributed by atoms with van der Waals surface area (Å²) < 4.78 is 48.2. The molecule has 1 aromatic heterocycles. The van der Waals surface area contributed by atoms with Crippen LogP contribution in [0.2, 0.25) is 0 Å². The molecule has 1 fully saturated rings. The lowest BCUT2D eigenvalue weighted by molar-refractivity contribution is -0.149. The van der Waals surface area contributed by atoms with E-state index in [1.165, 1.54) is 11.8 Å². The maximum Gasteiger partial charge on any atom is 0.435 e. The maximum absolute atomic E-state index is 13.8. The molecule has 1 unspecified atom stereocenters. The lowest BCUT2D eigenvalue weighted by Crippen LogP contribution is -2.43. The van der Waals surface area contributed by atoms with E-state index in [0.29, 0.717) is 54.6 Å². The molecule has 0 saturated carbocycles. The highest BCUT2D eigenvalue weighted by Gasteiger charge is 2.44. The number of alkyl halides is 3. The van der Waals surface area contributed by atoms with E-state index in [0.717, 1.165) is 0 Å². The minimum Gasteiger partial charge on any atom is -0.469 e. The fraction of sp³-hybridized carbons (Fsp3) is 0.500. The van der Waals surface area contributed by atoms with Gasteiger partial charge in [-0.1, -0.05) is 22.0 Å². The molecule has 10 heteroatoms. The first kappa shape index (κ1) is 22.8. The summed E-state index contributed by atoms with van der Waals surface area (Å²) in [7, 11) is 1.34. The number of nitrogens with zero attached hydrogens (tertiary/aromatic N) is 3. The highest BCUT2D eigenvalue weighted by Crippen LogP contribution is 2.42. The zero-order chi connectivity index (χ0) is 23.0. The predicted octanol–water partition coefficient (Wildman–Crippen LogP) is 4.49. The normalized spacial score (nSPS) is 19.5. The van der Waals surface area contributed by atoms with Crippen molar-refractivity contribution in [2.75, 3.05) is 20.2 Å². The molecule has 0 radical (unpaired) electrons. The summed E-state index contributed by atoms with van der Waals surface area (Å²) in [6, 6.07) is 6.86. The van der Waals surface area contributed by atoms with Gasteiger partial charge in [0.15, 0.2) is 5.69 Å². The van der Waals surface area contributed by atoms with Gasteiger partial charge in [-0.3, -0.25) is 9.59 Å². The van der Waals surface area contributed by atoms with Crippen molar-refractivity contribution < 1.29 is 27.5 Å². The molecule has 1 aliphatic carbocycles. The molecule has 32 heavy (non-hydrogen) atoms. The summed E-state index contributed by atoms with van der Waals surface area (Å²) in [4.78, 5) is 26.9. The number of hydrogen-bond acceptors (Lipinski definition) is 4. The van der Waals surface area contributed by atoms with Gasteiger partial charge in [0.05, 0.1) is 30.3 Å². The summed E-state index contributed by atoms with van der Waals surface area (Å²) in [5.41, 5.74) is -0.0297. The van der Waals surface area contributed by atoms with Gasteiger partial charge in [0.25, 0.3) is 0 Å². The van der Waals surface area contributed by atoms with E-state index in [-0.39, 0.29) is 29.8 Å². The van der Waals surface area contributed by atoms with E-state index < -0.39 is 17.8 Å². The zero-order valence-corrected chi connectivity index (χ0v) is 19.1. The van der Waals surface area contributed by atoms with Crippen LogP contribution in [0.3, 0.4) is 0 Å². The first-order chi connectivity index (χ1) is 15.2. The Morgan fingerprint density at radius 3 is 2.53 bits per heavy atom. The van der Waals surface area contributed by atoms with Crippen LogP contribution in [0.1, 0.15) is 48.6 Å². The Kier molecular flexibility index (Phi) is 6.33. The minimum atomic E-state index is -4.61. The van der Waals surface area contributed by atoms with Gasteiger partial charge in [0, 0.05) is 23.1 Å². The number of aromatic nitrogens is 2. The molecule has 1 aromatic carbocycles. The Labute approximate surface area is 191 Å². The number of likely N-dealkylation sites (tertiary alicyclic amines) is 1. The van der Waals surface area contributed by atoms with E-state index in [1.54, 1.807) is 29.2 Å². The molecule has 6 nitrogen and oxygen atoms in total. The first-order valence-corrected chi connectivity index (χ1v) is 11.3. The Morgan fingerprint density at radius 2 is 1.91 bits per heavy atom. The van der Waals surface area contributed by atoms with E-state index in [4.69, 9.17) is 4.74 Å². The third-order valence-electron chi connectivity index (χ3n) is 6.23. The third-order valence-corrected chi connectivity index (χ3v) is 6.73. The summed E-state index contributed by atoms with van der Waals surface area (Å²) in [5.74, 6) is -1.47. The average Bonchev–Trinajstić information content (AvgIpc) is 3.19. The number of ether oxygens (including phenoxy) is 1. The standard InChI is InChI=1S/C22H23BrF3N3O3/c1-32-21(31)13-8-10-28(11-9-13)20(30)17-7-3-6-16-18(17)29(27-19(16)22(24,25)26)15-5-2-4-14(23)12-15/h2,4-5,12-13,17H,3,6-11H2,1H3. The molecular formula is C22H23BrF3N3O3. The number of esters is 1. The van der Waals surface area contributed by atoms with Crippen LogP contribution in [0.25, 0.3) is 5.69 Å². The Balaban J connectivity index is 1.70. The number of hydrogen-bond donors (Lipinski definition) is 0. The SMILES string of the molecule is COC(=O)C1CCN(C(=O)C2CCCc3c(C(F)(F)F)nn(-c4cccc(Br)c4)c32)CC1. The quantitative estimate of drug-likeness (QED) is 0.567. The Hall–Kier alpha value is -2.36. The fourth-order valence-corrected chi connectivity index (χ4v) is 5.07. The minimum absolute atomic E-state index is 0.103. The molecule has 0 bridgehead atoms. The summed E-state index contributed by atoms with van der Waals surface area (Å²) in [5, 5.41) is 3.94. The summed E-state index contributed by atoms with van der Waals surface area (Å²) in [6.07, 6.45) is -2.47. The lowest BCUT2D eigenvalue weighted by Gasteiger charge is -2.34. The van der Waals surface area contributed by atoms with Gasteiger partial charge in [0.1, 0.15) is 0 Å². The van der Waals surface area contributed by atoms with Gasteiger partial charge in [0.2, 0.25) is 5.91 Å². The molecule has 1 amide bonds. The van der Waals surface area contributed by atoms with E-state index in [9.17, 15) is 22.8 Å². The van der Waals surface area contributed by atoms with Crippen LogP contribution < -0.4 is 0 Å². The second kappa shape index (κ2) is 8.88. The highest BCUT2D eigenvalue weighted by atomic mass is 79.9. The Morgan fingerprint density at radius 1 is 1.19 bits per heavy atom. The molecule has 172 valence electrons. The number of amides is 1.